The van der Waals surface area contributed by atoms with Crippen LogP contribution in [0.5, 0.6) is 5.75 Å². The monoisotopic (exact) mass is 366 g/mol. The molecule has 1 heterocycles. The van der Waals surface area contributed by atoms with Gasteiger partial charge < -0.3 is 9.47 Å². The van der Waals surface area contributed by atoms with Gasteiger partial charge in [0.2, 0.25) is 5.91 Å². The molecule has 0 bridgehead atoms. The largest absolute Gasteiger partial charge is 0.497 e. The zero-order valence-corrected chi connectivity index (χ0v) is 15.4. The van der Waals surface area contributed by atoms with Crippen LogP contribution in [0, 0.1) is 0 Å². The number of aliphatic imine (C=N–C) groups is 1. The Hall–Kier alpha value is -2.99. The Labute approximate surface area is 158 Å². The van der Waals surface area contributed by atoms with Crippen molar-refractivity contribution < 1.29 is 19.1 Å². The maximum absolute atomic E-state index is 13.0. The lowest BCUT2D eigenvalue weighted by molar-refractivity contribution is -0.137. The fourth-order valence-electron chi connectivity index (χ4n) is 3.07. The van der Waals surface area contributed by atoms with Crippen molar-refractivity contribution in [2.75, 3.05) is 27.4 Å². The van der Waals surface area contributed by atoms with Crippen molar-refractivity contribution >= 4 is 23.2 Å². The van der Waals surface area contributed by atoms with Gasteiger partial charge in [-0.1, -0.05) is 30.3 Å². The molecule has 27 heavy (non-hydrogen) atoms. The summed E-state index contributed by atoms with van der Waals surface area (Å²) >= 11 is 0. The summed E-state index contributed by atoms with van der Waals surface area (Å²) in [7, 11) is 3.18. The van der Waals surface area contributed by atoms with Crippen LogP contribution in [0.15, 0.2) is 59.6 Å². The predicted molar refractivity (Wildman–Crippen MR) is 102 cm³/mol. The average molecular weight is 366 g/mol. The van der Waals surface area contributed by atoms with Crippen molar-refractivity contribution in [3.8, 4) is 5.75 Å². The van der Waals surface area contributed by atoms with Crippen LogP contribution in [0.1, 0.15) is 17.9 Å². The Bertz CT molecular complexity index is 831. The molecule has 3 rings (SSSR count). The summed E-state index contributed by atoms with van der Waals surface area (Å²) < 4.78 is 10.2. The fraction of sp³-hybridized carbons (Fsp3) is 0.286. The van der Waals surface area contributed by atoms with Crippen molar-refractivity contribution in [3.63, 3.8) is 0 Å². The highest BCUT2D eigenvalue weighted by molar-refractivity contribution is 6.52. The minimum atomic E-state index is -0.691. The molecule has 6 heteroatoms. The van der Waals surface area contributed by atoms with E-state index in [1.165, 1.54) is 4.90 Å². The molecule has 1 aliphatic rings. The minimum Gasteiger partial charge on any atom is -0.497 e. The summed E-state index contributed by atoms with van der Waals surface area (Å²) in [5.74, 6) is -0.577. The predicted octanol–water partition coefficient (Wildman–Crippen LogP) is 2.96. The molecule has 0 aliphatic carbocycles. The van der Waals surface area contributed by atoms with Gasteiger partial charge in [-0.3, -0.25) is 14.5 Å². The maximum atomic E-state index is 13.0. The second-order valence-electron chi connectivity index (χ2n) is 6.18. The van der Waals surface area contributed by atoms with Gasteiger partial charge in [0.15, 0.2) is 0 Å². The van der Waals surface area contributed by atoms with E-state index >= 15 is 0 Å². The van der Waals surface area contributed by atoms with Crippen LogP contribution >= 0.6 is 0 Å². The van der Waals surface area contributed by atoms with Crippen LogP contribution in [-0.2, 0) is 14.3 Å². The Morgan fingerprint density at radius 3 is 2.33 bits per heavy atom. The van der Waals surface area contributed by atoms with E-state index in [4.69, 9.17) is 9.47 Å². The summed E-state index contributed by atoms with van der Waals surface area (Å²) in [6.07, 6.45) is 0.589. The number of likely N-dealkylation sites (tertiary alicyclic amines) is 1. The Balaban J connectivity index is 1.97. The summed E-state index contributed by atoms with van der Waals surface area (Å²) in [5.41, 5.74) is 1.61. The summed E-state index contributed by atoms with van der Waals surface area (Å²) in [4.78, 5) is 31.7. The topological polar surface area (TPSA) is 68.2 Å². The first-order chi connectivity index (χ1) is 13.2. The SMILES string of the molecule is COCCCN1C(=O)C(=Nc2ccc(OC)cc2)C(c2ccccc2)C1=O. The van der Waals surface area contributed by atoms with E-state index in [0.717, 1.165) is 5.56 Å². The van der Waals surface area contributed by atoms with Crippen LogP contribution < -0.4 is 4.74 Å². The van der Waals surface area contributed by atoms with Crippen LogP contribution in [0.25, 0.3) is 0 Å². The molecule has 1 aliphatic heterocycles. The highest BCUT2D eigenvalue weighted by Crippen LogP contribution is 2.30. The molecule has 2 aromatic rings. The first-order valence-electron chi connectivity index (χ1n) is 8.78. The molecule has 0 radical (unpaired) electrons. The van der Waals surface area contributed by atoms with Crippen molar-refractivity contribution in [1.29, 1.82) is 0 Å². The molecule has 1 unspecified atom stereocenters. The number of rotatable bonds is 7. The van der Waals surface area contributed by atoms with E-state index in [9.17, 15) is 9.59 Å². The molecule has 2 amide bonds. The molecule has 6 nitrogen and oxygen atoms in total. The molecule has 140 valence electrons. The number of benzene rings is 2. The molecule has 2 aromatic carbocycles. The number of imide groups is 1. The fourth-order valence-corrected chi connectivity index (χ4v) is 3.07. The van der Waals surface area contributed by atoms with Gasteiger partial charge in [0, 0.05) is 20.3 Å². The first-order valence-corrected chi connectivity index (χ1v) is 8.78. The third-order valence-corrected chi connectivity index (χ3v) is 4.44. The standard InChI is InChI=1S/C21H22N2O4/c1-26-14-6-13-23-20(24)18(15-7-4-3-5-8-15)19(21(23)25)22-16-9-11-17(27-2)12-10-16/h3-5,7-12,18H,6,13-14H2,1-2H3. The number of carbonyl (C=O) groups is 2. The highest BCUT2D eigenvalue weighted by atomic mass is 16.5. The first kappa shape index (κ1) is 18.8. The van der Waals surface area contributed by atoms with Gasteiger partial charge in [-0.15, -0.1) is 0 Å². The van der Waals surface area contributed by atoms with Gasteiger partial charge in [0.05, 0.1) is 12.8 Å². The number of amides is 2. The van der Waals surface area contributed by atoms with Crippen LogP contribution in [0.2, 0.25) is 0 Å². The normalized spacial score (nSPS) is 18.4. The van der Waals surface area contributed by atoms with Gasteiger partial charge >= 0.3 is 0 Å². The second-order valence-corrected chi connectivity index (χ2v) is 6.18. The molecule has 0 aromatic heterocycles. The van der Waals surface area contributed by atoms with E-state index in [-0.39, 0.29) is 17.5 Å². The number of carbonyl (C=O) groups excluding carboxylic acids is 2. The third-order valence-electron chi connectivity index (χ3n) is 4.44. The molecular formula is C21H22N2O4. The smallest absolute Gasteiger partial charge is 0.276 e. The molecular weight excluding hydrogens is 344 g/mol. The number of hydrogen-bond acceptors (Lipinski definition) is 5. The van der Waals surface area contributed by atoms with Crippen molar-refractivity contribution in [2.24, 2.45) is 4.99 Å². The van der Waals surface area contributed by atoms with Crippen molar-refractivity contribution in [1.82, 2.24) is 4.90 Å². The van der Waals surface area contributed by atoms with E-state index in [1.807, 2.05) is 30.3 Å². The van der Waals surface area contributed by atoms with Gasteiger partial charge in [-0.05, 0) is 36.2 Å². The quantitative estimate of drug-likeness (QED) is 0.558. The minimum absolute atomic E-state index is 0.241. The van der Waals surface area contributed by atoms with Gasteiger partial charge in [0.1, 0.15) is 17.4 Å². The molecule has 0 N–H and O–H groups in total. The highest BCUT2D eigenvalue weighted by Gasteiger charge is 2.45. The van der Waals surface area contributed by atoms with Crippen LogP contribution in [0.4, 0.5) is 5.69 Å². The van der Waals surface area contributed by atoms with Crippen LogP contribution in [0.3, 0.4) is 0 Å². The molecule has 0 saturated carbocycles. The third kappa shape index (κ3) is 4.06. The van der Waals surface area contributed by atoms with Gasteiger partial charge in [-0.2, -0.15) is 0 Å². The Kier molecular flexibility index (Phi) is 5.98. The van der Waals surface area contributed by atoms with Crippen LogP contribution in [-0.4, -0.2) is 49.8 Å². The number of ether oxygens (including phenoxy) is 2. The maximum Gasteiger partial charge on any atom is 0.276 e. The summed E-state index contributed by atoms with van der Waals surface area (Å²) in [6.45, 7) is 0.800. The van der Waals surface area contributed by atoms with Gasteiger partial charge in [-0.25, -0.2) is 4.99 Å². The zero-order valence-electron chi connectivity index (χ0n) is 15.4. The Morgan fingerprint density at radius 1 is 1.00 bits per heavy atom. The number of nitrogens with zero attached hydrogens (tertiary/aromatic N) is 2. The molecule has 1 atom stereocenters. The summed E-state index contributed by atoms with van der Waals surface area (Å²) in [6, 6.07) is 16.3. The lowest BCUT2D eigenvalue weighted by atomic mass is 9.96. The Morgan fingerprint density at radius 2 is 1.70 bits per heavy atom. The molecule has 1 saturated heterocycles. The number of hydrogen-bond donors (Lipinski definition) is 0. The average Bonchev–Trinajstić information content (AvgIpc) is 2.93. The second kappa shape index (κ2) is 8.60. The van der Waals surface area contributed by atoms with E-state index in [2.05, 4.69) is 4.99 Å². The van der Waals surface area contributed by atoms with Gasteiger partial charge in [0.25, 0.3) is 5.91 Å². The zero-order chi connectivity index (χ0) is 19.2. The van der Waals surface area contributed by atoms with Crippen molar-refractivity contribution in [3.05, 3.63) is 60.2 Å². The van der Waals surface area contributed by atoms with E-state index < -0.39 is 5.92 Å². The van der Waals surface area contributed by atoms with E-state index in [0.29, 0.717) is 31.0 Å². The van der Waals surface area contributed by atoms with Crippen molar-refractivity contribution in [2.45, 2.75) is 12.3 Å². The molecule has 1 fully saturated rings. The summed E-state index contributed by atoms with van der Waals surface area (Å²) in [5, 5.41) is 0. The lowest BCUT2D eigenvalue weighted by Crippen LogP contribution is -2.32. The number of methoxy groups -OCH3 is 2. The van der Waals surface area contributed by atoms with E-state index in [1.54, 1.807) is 38.5 Å². The molecule has 0 spiro atoms. The lowest BCUT2D eigenvalue weighted by Gasteiger charge is -2.13.